The molecule has 5 heteroatoms. The zero-order valence-corrected chi connectivity index (χ0v) is 13.5. The molecule has 1 aromatic carbocycles. The van der Waals surface area contributed by atoms with Crippen molar-refractivity contribution in [2.75, 3.05) is 13.7 Å². The topological polar surface area (TPSA) is 60.5 Å². The first-order valence-electron chi connectivity index (χ1n) is 7.69. The van der Waals surface area contributed by atoms with Gasteiger partial charge in [0.2, 0.25) is 11.8 Å². The van der Waals surface area contributed by atoms with E-state index in [4.69, 9.17) is 9.47 Å². The molecule has 1 heterocycles. The highest BCUT2D eigenvalue weighted by atomic mass is 16.5. The number of pyridine rings is 1. The maximum atomic E-state index is 12.0. The van der Waals surface area contributed by atoms with E-state index < -0.39 is 0 Å². The first-order valence-corrected chi connectivity index (χ1v) is 7.69. The summed E-state index contributed by atoms with van der Waals surface area (Å²) in [6, 6.07) is 11.5. The summed E-state index contributed by atoms with van der Waals surface area (Å²) < 4.78 is 10.6. The second-order valence-corrected chi connectivity index (χ2v) is 5.03. The number of benzene rings is 1. The fourth-order valence-corrected chi connectivity index (χ4v) is 2.19. The standard InChI is InChI=1S/C18H22N2O3/c1-3-23-18-15(7-5-11-19-18)13-20-17(21)10-9-14-6-4-8-16(12-14)22-2/h4-8,11-12H,3,9-10,13H2,1-2H3,(H,20,21). The summed E-state index contributed by atoms with van der Waals surface area (Å²) in [6.45, 7) is 2.87. The van der Waals surface area contributed by atoms with Crippen molar-refractivity contribution in [3.63, 3.8) is 0 Å². The molecule has 1 amide bonds. The van der Waals surface area contributed by atoms with Gasteiger partial charge in [0.15, 0.2) is 0 Å². The minimum Gasteiger partial charge on any atom is -0.497 e. The van der Waals surface area contributed by atoms with E-state index in [0.29, 0.717) is 31.9 Å². The number of rotatable bonds is 8. The third-order valence-corrected chi connectivity index (χ3v) is 3.38. The van der Waals surface area contributed by atoms with Crippen molar-refractivity contribution >= 4 is 5.91 Å². The molecule has 2 aromatic rings. The number of nitrogens with one attached hydrogen (secondary N) is 1. The van der Waals surface area contributed by atoms with Crippen LogP contribution in [0.25, 0.3) is 0 Å². The molecule has 0 radical (unpaired) electrons. The number of aromatic nitrogens is 1. The molecular formula is C18H22N2O3. The lowest BCUT2D eigenvalue weighted by Crippen LogP contribution is -2.23. The summed E-state index contributed by atoms with van der Waals surface area (Å²) in [5.74, 6) is 1.38. The second kappa shape index (κ2) is 8.78. The van der Waals surface area contributed by atoms with Gasteiger partial charge in [0.25, 0.3) is 0 Å². The lowest BCUT2D eigenvalue weighted by atomic mass is 10.1. The zero-order chi connectivity index (χ0) is 16.5. The van der Waals surface area contributed by atoms with E-state index in [9.17, 15) is 4.79 Å². The molecule has 2 rings (SSSR count). The molecule has 0 spiro atoms. The van der Waals surface area contributed by atoms with Crippen LogP contribution < -0.4 is 14.8 Å². The molecule has 0 aliphatic carbocycles. The summed E-state index contributed by atoms with van der Waals surface area (Å²) >= 11 is 0. The Hall–Kier alpha value is -2.56. The van der Waals surface area contributed by atoms with Crippen molar-refractivity contribution in [1.29, 1.82) is 0 Å². The molecule has 0 bridgehead atoms. The molecule has 0 saturated carbocycles. The Morgan fingerprint density at radius 2 is 2.13 bits per heavy atom. The summed E-state index contributed by atoms with van der Waals surface area (Å²) in [7, 11) is 1.63. The van der Waals surface area contributed by atoms with Gasteiger partial charge in [-0.1, -0.05) is 18.2 Å². The van der Waals surface area contributed by atoms with Crippen LogP contribution >= 0.6 is 0 Å². The first kappa shape index (κ1) is 16.8. The van der Waals surface area contributed by atoms with Gasteiger partial charge < -0.3 is 14.8 Å². The van der Waals surface area contributed by atoms with Gasteiger partial charge in [-0.15, -0.1) is 0 Å². The van der Waals surface area contributed by atoms with Gasteiger partial charge in [0, 0.05) is 24.7 Å². The predicted molar refractivity (Wildman–Crippen MR) is 88.6 cm³/mol. The van der Waals surface area contributed by atoms with Crippen LogP contribution in [0.5, 0.6) is 11.6 Å². The van der Waals surface area contributed by atoms with Crippen LogP contribution in [-0.2, 0) is 17.8 Å². The van der Waals surface area contributed by atoms with E-state index in [-0.39, 0.29) is 5.91 Å². The molecule has 0 saturated heterocycles. The molecule has 0 fully saturated rings. The van der Waals surface area contributed by atoms with Gasteiger partial charge >= 0.3 is 0 Å². The summed E-state index contributed by atoms with van der Waals surface area (Å²) in [4.78, 5) is 16.2. The average Bonchev–Trinajstić information content (AvgIpc) is 2.59. The number of nitrogens with zero attached hydrogens (tertiary/aromatic N) is 1. The highest BCUT2D eigenvalue weighted by molar-refractivity contribution is 5.76. The Kier molecular flexibility index (Phi) is 6.41. The highest BCUT2D eigenvalue weighted by Crippen LogP contribution is 2.15. The Bertz CT molecular complexity index is 644. The number of methoxy groups -OCH3 is 1. The summed E-state index contributed by atoms with van der Waals surface area (Å²) in [6.07, 6.45) is 2.78. The maximum Gasteiger partial charge on any atom is 0.220 e. The van der Waals surface area contributed by atoms with Gasteiger partial charge in [0.05, 0.1) is 13.7 Å². The Labute approximate surface area is 136 Å². The van der Waals surface area contributed by atoms with Crippen LogP contribution in [0.15, 0.2) is 42.6 Å². The minimum atomic E-state index is -0.000813. The van der Waals surface area contributed by atoms with Crippen molar-refractivity contribution in [3.05, 3.63) is 53.7 Å². The minimum absolute atomic E-state index is 0.000813. The summed E-state index contributed by atoms with van der Waals surface area (Å²) in [5, 5.41) is 2.91. The van der Waals surface area contributed by atoms with Crippen molar-refractivity contribution < 1.29 is 14.3 Å². The van der Waals surface area contributed by atoms with E-state index >= 15 is 0 Å². The van der Waals surface area contributed by atoms with Crippen LogP contribution in [0.3, 0.4) is 0 Å². The van der Waals surface area contributed by atoms with E-state index in [0.717, 1.165) is 16.9 Å². The fourth-order valence-electron chi connectivity index (χ4n) is 2.19. The van der Waals surface area contributed by atoms with Crippen LogP contribution in [0.2, 0.25) is 0 Å². The molecule has 23 heavy (non-hydrogen) atoms. The number of carbonyl (C=O) groups excluding carboxylic acids is 1. The van der Waals surface area contributed by atoms with Crippen molar-refractivity contribution in [1.82, 2.24) is 10.3 Å². The van der Waals surface area contributed by atoms with Crippen LogP contribution in [0.1, 0.15) is 24.5 Å². The third kappa shape index (κ3) is 5.29. The third-order valence-electron chi connectivity index (χ3n) is 3.38. The van der Waals surface area contributed by atoms with Crippen molar-refractivity contribution in [3.8, 4) is 11.6 Å². The lowest BCUT2D eigenvalue weighted by molar-refractivity contribution is -0.121. The molecule has 0 aliphatic rings. The lowest BCUT2D eigenvalue weighted by Gasteiger charge is -2.10. The molecule has 0 aliphatic heterocycles. The smallest absolute Gasteiger partial charge is 0.220 e. The zero-order valence-electron chi connectivity index (χ0n) is 13.5. The van der Waals surface area contributed by atoms with Gasteiger partial charge in [-0.2, -0.15) is 0 Å². The largest absolute Gasteiger partial charge is 0.497 e. The Morgan fingerprint density at radius 3 is 2.91 bits per heavy atom. The van der Waals surface area contributed by atoms with Crippen LogP contribution in [0.4, 0.5) is 0 Å². The number of aryl methyl sites for hydroxylation is 1. The molecule has 1 aromatic heterocycles. The Balaban J connectivity index is 1.83. The molecule has 122 valence electrons. The first-order chi connectivity index (χ1) is 11.2. The summed E-state index contributed by atoms with van der Waals surface area (Å²) in [5.41, 5.74) is 1.96. The van der Waals surface area contributed by atoms with Crippen molar-refractivity contribution in [2.45, 2.75) is 26.3 Å². The number of amides is 1. The fraction of sp³-hybridized carbons (Fsp3) is 0.333. The predicted octanol–water partition coefficient (Wildman–Crippen LogP) is 2.74. The number of hydrogen-bond acceptors (Lipinski definition) is 4. The molecule has 1 N–H and O–H groups in total. The monoisotopic (exact) mass is 314 g/mol. The average molecular weight is 314 g/mol. The van der Waals surface area contributed by atoms with Crippen LogP contribution in [0, 0.1) is 0 Å². The molecule has 0 atom stereocenters. The van der Waals surface area contributed by atoms with Gasteiger partial charge in [-0.05, 0) is 37.1 Å². The van der Waals surface area contributed by atoms with Crippen LogP contribution in [-0.4, -0.2) is 24.6 Å². The maximum absolute atomic E-state index is 12.0. The normalized spacial score (nSPS) is 10.2. The quantitative estimate of drug-likeness (QED) is 0.814. The molecule has 5 nitrogen and oxygen atoms in total. The number of ether oxygens (including phenoxy) is 2. The second-order valence-electron chi connectivity index (χ2n) is 5.03. The van der Waals surface area contributed by atoms with E-state index in [2.05, 4.69) is 10.3 Å². The SMILES string of the molecule is CCOc1ncccc1CNC(=O)CCc1cccc(OC)c1. The van der Waals surface area contributed by atoms with Gasteiger partial charge in [-0.3, -0.25) is 4.79 Å². The van der Waals surface area contributed by atoms with Crippen molar-refractivity contribution in [2.24, 2.45) is 0 Å². The highest BCUT2D eigenvalue weighted by Gasteiger charge is 2.07. The van der Waals surface area contributed by atoms with E-state index in [1.165, 1.54) is 0 Å². The number of carbonyl (C=O) groups is 1. The van der Waals surface area contributed by atoms with E-state index in [1.54, 1.807) is 13.3 Å². The molecule has 0 unspecified atom stereocenters. The van der Waals surface area contributed by atoms with Gasteiger partial charge in [-0.25, -0.2) is 4.98 Å². The number of hydrogen-bond donors (Lipinski definition) is 1. The Morgan fingerprint density at radius 1 is 1.26 bits per heavy atom. The molecular weight excluding hydrogens is 292 g/mol. The van der Waals surface area contributed by atoms with E-state index in [1.807, 2.05) is 43.3 Å². The van der Waals surface area contributed by atoms with Gasteiger partial charge in [0.1, 0.15) is 5.75 Å².